The lowest BCUT2D eigenvalue weighted by Gasteiger charge is -2.31. The van der Waals surface area contributed by atoms with Crippen LogP contribution in [-0.2, 0) is 4.79 Å². The van der Waals surface area contributed by atoms with E-state index in [1.807, 2.05) is 24.3 Å². The van der Waals surface area contributed by atoms with Crippen LogP contribution < -0.4 is 5.32 Å². The predicted molar refractivity (Wildman–Crippen MR) is 109 cm³/mol. The van der Waals surface area contributed by atoms with E-state index >= 15 is 0 Å². The summed E-state index contributed by atoms with van der Waals surface area (Å²) in [6.07, 6.45) is 1.34. The van der Waals surface area contributed by atoms with E-state index in [9.17, 15) is 9.59 Å². The summed E-state index contributed by atoms with van der Waals surface area (Å²) in [5, 5.41) is 3.56. The molecule has 142 valence electrons. The van der Waals surface area contributed by atoms with Gasteiger partial charge in [0.1, 0.15) is 0 Å². The van der Waals surface area contributed by atoms with Crippen LogP contribution in [0.25, 0.3) is 0 Å². The summed E-state index contributed by atoms with van der Waals surface area (Å²) in [6, 6.07) is 15.0. The summed E-state index contributed by atoms with van der Waals surface area (Å²) in [6.45, 7) is 5.45. The van der Waals surface area contributed by atoms with Crippen LogP contribution in [0.1, 0.15) is 48.5 Å². The molecular weight excluding hydrogens is 360 g/mol. The van der Waals surface area contributed by atoms with Gasteiger partial charge in [0.25, 0.3) is 5.91 Å². The van der Waals surface area contributed by atoms with Gasteiger partial charge in [-0.15, -0.1) is 0 Å². The minimum atomic E-state index is -0.0711. The third kappa shape index (κ3) is 4.89. The molecule has 0 aromatic heterocycles. The predicted octanol–water partition coefficient (Wildman–Crippen LogP) is 4.95. The molecule has 0 unspecified atom stereocenters. The summed E-state index contributed by atoms with van der Waals surface area (Å²) >= 11 is 5.97. The highest BCUT2D eigenvalue weighted by atomic mass is 35.5. The number of piperidine rings is 1. The first-order valence-electron chi connectivity index (χ1n) is 9.39. The van der Waals surface area contributed by atoms with Gasteiger partial charge >= 0.3 is 0 Å². The van der Waals surface area contributed by atoms with E-state index in [0.717, 1.165) is 5.69 Å². The van der Waals surface area contributed by atoms with Gasteiger partial charge in [0.15, 0.2) is 0 Å². The lowest BCUT2D eigenvalue weighted by Crippen LogP contribution is -2.41. The SMILES string of the molecule is CC(C)c1ccc(NC(=O)C2CCN(C(=O)c3cccc(Cl)c3)CC2)cc1. The summed E-state index contributed by atoms with van der Waals surface area (Å²) in [5.41, 5.74) is 2.67. The van der Waals surface area contributed by atoms with Gasteiger partial charge < -0.3 is 10.2 Å². The summed E-state index contributed by atoms with van der Waals surface area (Å²) < 4.78 is 0. The maximum Gasteiger partial charge on any atom is 0.253 e. The Morgan fingerprint density at radius 1 is 1.07 bits per heavy atom. The average Bonchev–Trinajstić information content (AvgIpc) is 2.68. The zero-order valence-electron chi connectivity index (χ0n) is 15.7. The number of rotatable bonds is 4. The molecule has 0 aliphatic carbocycles. The van der Waals surface area contributed by atoms with Crippen LogP contribution in [-0.4, -0.2) is 29.8 Å². The van der Waals surface area contributed by atoms with E-state index in [0.29, 0.717) is 42.4 Å². The molecule has 2 amide bonds. The Morgan fingerprint density at radius 2 is 1.74 bits per heavy atom. The first-order chi connectivity index (χ1) is 12.9. The second-order valence-electron chi connectivity index (χ2n) is 7.34. The van der Waals surface area contributed by atoms with Crippen LogP contribution in [0.3, 0.4) is 0 Å². The zero-order chi connectivity index (χ0) is 19.4. The van der Waals surface area contributed by atoms with Gasteiger partial charge in [-0.05, 0) is 54.7 Å². The molecule has 27 heavy (non-hydrogen) atoms. The molecule has 0 saturated carbocycles. The summed E-state index contributed by atoms with van der Waals surface area (Å²) in [5.74, 6) is 0.400. The zero-order valence-corrected chi connectivity index (χ0v) is 16.5. The highest BCUT2D eigenvalue weighted by Crippen LogP contribution is 2.23. The molecule has 2 aromatic carbocycles. The van der Waals surface area contributed by atoms with Crippen molar-refractivity contribution in [3.8, 4) is 0 Å². The van der Waals surface area contributed by atoms with E-state index < -0.39 is 0 Å². The fourth-order valence-corrected chi connectivity index (χ4v) is 3.53. The fourth-order valence-electron chi connectivity index (χ4n) is 3.34. The number of anilines is 1. The van der Waals surface area contributed by atoms with Crippen molar-refractivity contribution in [2.24, 2.45) is 5.92 Å². The molecule has 1 heterocycles. The Morgan fingerprint density at radius 3 is 2.33 bits per heavy atom. The van der Waals surface area contributed by atoms with Gasteiger partial charge in [0, 0.05) is 35.3 Å². The molecule has 1 N–H and O–H groups in total. The highest BCUT2D eigenvalue weighted by Gasteiger charge is 2.28. The lowest BCUT2D eigenvalue weighted by molar-refractivity contribution is -0.121. The number of carbonyl (C=O) groups excluding carboxylic acids is 2. The third-order valence-corrected chi connectivity index (χ3v) is 5.30. The molecule has 1 saturated heterocycles. The van der Waals surface area contributed by atoms with Crippen molar-refractivity contribution in [3.05, 3.63) is 64.7 Å². The van der Waals surface area contributed by atoms with Crippen LogP contribution in [0.2, 0.25) is 5.02 Å². The minimum Gasteiger partial charge on any atom is -0.339 e. The van der Waals surface area contributed by atoms with E-state index in [1.54, 1.807) is 29.2 Å². The van der Waals surface area contributed by atoms with Gasteiger partial charge in [0.05, 0.1) is 0 Å². The smallest absolute Gasteiger partial charge is 0.253 e. The molecule has 3 rings (SSSR count). The second kappa shape index (κ2) is 8.57. The van der Waals surface area contributed by atoms with Crippen molar-refractivity contribution in [1.82, 2.24) is 4.90 Å². The fraction of sp³-hybridized carbons (Fsp3) is 0.364. The quantitative estimate of drug-likeness (QED) is 0.810. The highest BCUT2D eigenvalue weighted by molar-refractivity contribution is 6.30. The second-order valence-corrected chi connectivity index (χ2v) is 7.78. The summed E-state index contributed by atoms with van der Waals surface area (Å²) in [7, 11) is 0. The monoisotopic (exact) mass is 384 g/mol. The molecule has 4 nitrogen and oxygen atoms in total. The molecule has 0 spiro atoms. The number of hydrogen-bond donors (Lipinski definition) is 1. The Labute approximate surface area is 165 Å². The van der Waals surface area contributed by atoms with Gasteiger partial charge in [-0.25, -0.2) is 0 Å². The summed E-state index contributed by atoms with van der Waals surface area (Å²) in [4.78, 5) is 26.9. The first-order valence-corrected chi connectivity index (χ1v) is 9.77. The molecule has 1 aliphatic heterocycles. The number of nitrogens with zero attached hydrogens (tertiary/aromatic N) is 1. The molecular formula is C22H25ClN2O2. The van der Waals surface area contributed by atoms with Crippen LogP contribution in [0.15, 0.2) is 48.5 Å². The van der Waals surface area contributed by atoms with Crippen molar-refractivity contribution >= 4 is 29.1 Å². The van der Waals surface area contributed by atoms with Crippen molar-refractivity contribution in [2.45, 2.75) is 32.6 Å². The number of nitrogens with one attached hydrogen (secondary N) is 1. The van der Waals surface area contributed by atoms with Crippen LogP contribution in [0, 0.1) is 5.92 Å². The van der Waals surface area contributed by atoms with Crippen LogP contribution in [0.4, 0.5) is 5.69 Å². The van der Waals surface area contributed by atoms with E-state index in [2.05, 4.69) is 19.2 Å². The Bertz CT molecular complexity index is 809. The van der Waals surface area contributed by atoms with Crippen molar-refractivity contribution in [3.63, 3.8) is 0 Å². The Kier molecular flexibility index (Phi) is 6.17. The van der Waals surface area contributed by atoms with E-state index in [-0.39, 0.29) is 17.7 Å². The number of hydrogen-bond acceptors (Lipinski definition) is 2. The molecule has 5 heteroatoms. The van der Waals surface area contributed by atoms with Crippen molar-refractivity contribution < 1.29 is 9.59 Å². The van der Waals surface area contributed by atoms with Crippen LogP contribution >= 0.6 is 11.6 Å². The number of amides is 2. The lowest BCUT2D eigenvalue weighted by atomic mass is 9.95. The first kappa shape index (κ1) is 19.4. The third-order valence-electron chi connectivity index (χ3n) is 5.07. The average molecular weight is 385 g/mol. The van der Waals surface area contributed by atoms with Crippen molar-refractivity contribution in [1.29, 1.82) is 0 Å². The minimum absolute atomic E-state index is 0.0272. The van der Waals surface area contributed by atoms with Gasteiger partial charge in [-0.3, -0.25) is 9.59 Å². The molecule has 0 bridgehead atoms. The largest absolute Gasteiger partial charge is 0.339 e. The Balaban J connectivity index is 1.54. The van der Waals surface area contributed by atoms with Gasteiger partial charge in [-0.2, -0.15) is 0 Å². The molecule has 0 radical (unpaired) electrons. The molecule has 2 aromatic rings. The Hall–Kier alpha value is -2.33. The number of likely N-dealkylation sites (tertiary alicyclic amines) is 1. The normalized spacial score (nSPS) is 15.0. The maximum atomic E-state index is 12.6. The number of carbonyl (C=O) groups is 2. The van der Waals surface area contributed by atoms with Gasteiger partial charge in [0.2, 0.25) is 5.91 Å². The van der Waals surface area contributed by atoms with Crippen LogP contribution in [0.5, 0.6) is 0 Å². The van der Waals surface area contributed by atoms with Crippen molar-refractivity contribution in [2.75, 3.05) is 18.4 Å². The van der Waals surface area contributed by atoms with E-state index in [1.165, 1.54) is 5.56 Å². The number of benzene rings is 2. The standard InChI is InChI=1S/C22H25ClN2O2/c1-15(2)16-6-8-20(9-7-16)24-21(26)17-10-12-25(13-11-17)22(27)18-4-3-5-19(23)14-18/h3-9,14-15,17H,10-13H2,1-2H3,(H,24,26). The van der Waals surface area contributed by atoms with Gasteiger partial charge in [-0.1, -0.05) is 43.6 Å². The van der Waals surface area contributed by atoms with E-state index in [4.69, 9.17) is 11.6 Å². The number of halogens is 1. The molecule has 0 atom stereocenters. The topological polar surface area (TPSA) is 49.4 Å². The maximum absolute atomic E-state index is 12.6. The molecule has 1 aliphatic rings. The molecule has 1 fully saturated rings.